The Hall–Kier alpha value is -3.68. The van der Waals surface area contributed by atoms with Crippen LogP contribution < -0.4 is 24.6 Å². The highest BCUT2D eigenvalue weighted by Gasteiger charge is 2.27. The minimum atomic E-state index is -3.79. The number of nitrogens with two attached hydrogens (primary N) is 1. The largest absolute Gasteiger partial charge is 0.367 e. The van der Waals surface area contributed by atoms with Crippen LogP contribution in [0.1, 0.15) is 5.56 Å². The molecule has 0 aliphatic carbocycles. The monoisotopic (exact) mass is 566 g/mol. The van der Waals surface area contributed by atoms with Gasteiger partial charge in [-0.15, -0.1) is 0 Å². The molecule has 2 aliphatic rings. The Morgan fingerprint density at radius 2 is 1.72 bits per heavy atom. The molecule has 2 aliphatic heterocycles. The van der Waals surface area contributed by atoms with Crippen molar-refractivity contribution in [3.05, 3.63) is 66.2 Å². The second-order valence-corrected chi connectivity index (χ2v) is 11.6. The molecule has 1 saturated heterocycles. The molecule has 0 unspecified atom stereocenters. The van der Waals surface area contributed by atoms with Gasteiger partial charge in [-0.2, -0.15) is 8.42 Å². The summed E-state index contributed by atoms with van der Waals surface area (Å²) in [5.74, 6) is 1.22. The first kappa shape index (κ1) is 25.6. The molecule has 202 valence electrons. The van der Waals surface area contributed by atoms with Crippen molar-refractivity contribution in [1.82, 2.24) is 15.0 Å². The van der Waals surface area contributed by atoms with Gasteiger partial charge in [0.1, 0.15) is 17.5 Å². The molecule has 0 bridgehead atoms. The Bertz CT molecular complexity index is 1660. The molecule has 0 atom stereocenters. The first-order chi connectivity index (χ1) is 18.8. The summed E-state index contributed by atoms with van der Waals surface area (Å²) in [4.78, 5) is 17.9. The molecule has 3 N–H and O–H groups in total. The lowest BCUT2D eigenvalue weighted by Gasteiger charge is -2.37. The van der Waals surface area contributed by atoms with Gasteiger partial charge in [0.2, 0.25) is 0 Å². The predicted octanol–water partition coefficient (Wildman–Crippen LogP) is 3.52. The van der Waals surface area contributed by atoms with Gasteiger partial charge in [0.05, 0.1) is 5.69 Å². The smallest absolute Gasteiger partial charge is 0.299 e. The summed E-state index contributed by atoms with van der Waals surface area (Å²) in [5, 5.41) is 10.7. The second-order valence-electron chi connectivity index (χ2n) is 9.40. The van der Waals surface area contributed by atoms with Crippen LogP contribution in [0.5, 0.6) is 0 Å². The summed E-state index contributed by atoms with van der Waals surface area (Å²) in [5.41, 5.74) is 3.33. The number of thioether (sulfide) groups is 1. The number of pyridine rings is 1. The zero-order valence-corrected chi connectivity index (χ0v) is 22.8. The fraction of sp³-hybridized carbons (Fsp3) is 0.269. The van der Waals surface area contributed by atoms with Gasteiger partial charge in [0, 0.05) is 73.3 Å². The van der Waals surface area contributed by atoms with Gasteiger partial charge in [-0.3, -0.25) is 9.29 Å². The number of hydrogen-bond donors (Lipinski definition) is 2. The van der Waals surface area contributed by atoms with Gasteiger partial charge in [-0.1, -0.05) is 11.8 Å². The van der Waals surface area contributed by atoms with Crippen molar-refractivity contribution in [3.63, 3.8) is 0 Å². The summed E-state index contributed by atoms with van der Waals surface area (Å²) in [6.07, 6.45) is 5.79. The van der Waals surface area contributed by atoms with Gasteiger partial charge in [-0.05, 0) is 54.6 Å². The van der Waals surface area contributed by atoms with E-state index in [1.807, 2.05) is 36.6 Å². The zero-order valence-electron chi connectivity index (χ0n) is 21.2. The van der Waals surface area contributed by atoms with Crippen molar-refractivity contribution in [2.45, 2.75) is 11.6 Å². The molecule has 4 heterocycles. The maximum Gasteiger partial charge on any atom is 0.299 e. The molecule has 0 spiro atoms. The molecule has 2 aromatic carbocycles. The standard InChI is InChI=1S/C26H27FN8O2S2/c1-38-26-31-24(30-18-2-4-22-17(14-18)7-9-35(22)39(28,36)37)15-25(32-26)34-12-10-33(11-13-34)23-5-3-21(27)20-16-29-8-6-19(20)23/h2-6,8,14-16H,7,9-13H2,1H3,(H2,28,36,37)(H,30,31,32). The Kier molecular flexibility index (Phi) is 6.65. The van der Waals surface area contributed by atoms with E-state index in [0.717, 1.165) is 54.3 Å². The van der Waals surface area contributed by atoms with E-state index in [2.05, 4.69) is 25.1 Å². The van der Waals surface area contributed by atoms with Crippen molar-refractivity contribution >= 4 is 61.4 Å². The van der Waals surface area contributed by atoms with Crippen LogP contribution >= 0.6 is 11.8 Å². The first-order valence-electron chi connectivity index (χ1n) is 12.5. The van der Waals surface area contributed by atoms with E-state index in [-0.39, 0.29) is 5.82 Å². The lowest BCUT2D eigenvalue weighted by atomic mass is 10.1. The molecule has 6 rings (SSSR count). The third-order valence-electron chi connectivity index (χ3n) is 7.07. The fourth-order valence-electron chi connectivity index (χ4n) is 5.18. The number of anilines is 5. The molecule has 0 saturated carbocycles. The Morgan fingerprint density at radius 1 is 0.949 bits per heavy atom. The zero-order chi connectivity index (χ0) is 27.1. The predicted molar refractivity (Wildman–Crippen MR) is 154 cm³/mol. The van der Waals surface area contributed by atoms with Crippen LogP contribution in [-0.2, 0) is 16.6 Å². The quantitative estimate of drug-likeness (QED) is 0.267. The number of rotatable bonds is 6. The number of nitrogens with zero attached hydrogens (tertiary/aromatic N) is 6. The van der Waals surface area contributed by atoms with Gasteiger partial charge in [0.15, 0.2) is 5.16 Å². The number of halogens is 1. The van der Waals surface area contributed by atoms with E-state index in [4.69, 9.17) is 10.1 Å². The normalized spacial score (nSPS) is 15.6. The van der Waals surface area contributed by atoms with E-state index >= 15 is 0 Å². The van der Waals surface area contributed by atoms with E-state index in [1.54, 1.807) is 18.5 Å². The number of piperazine rings is 1. The number of aromatic nitrogens is 3. The molecule has 10 nitrogen and oxygen atoms in total. The van der Waals surface area contributed by atoms with Crippen LogP contribution in [0.2, 0.25) is 0 Å². The van der Waals surface area contributed by atoms with E-state index < -0.39 is 10.2 Å². The molecule has 13 heteroatoms. The number of nitrogens with one attached hydrogen (secondary N) is 1. The average Bonchev–Trinajstić information content (AvgIpc) is 3.37. The Labute approximate surface area is 230 Å². The van der Waals surface area contributed by atoms with Gasteiger partial charge in [0.25, 0.3) is 10.2 Å². The van der Waals surface area contributed by atoms with Gasteiger partial charge < -0.3 is 15.1 Å². The fourth-order valence-corrected chi connectivity index (χ4v) is 6.36. The third-order valence-corrected chi connectivity index (χ3v) is 8.61. The summed E-state index contributed by atoms with van der Waals surface area (Å²) >= 11 is 1.47. The maximum atomic E-state index is 14.3. The molecule has 0 amide bonds. The molecular formula is C26H27FN8O2S2. The van der Waals surface area contributed by atoms with Crippen LogP contribution in [0.4, 0.5) is 33.1 Å². The van der Waals surface area contributed by atoms with Crippen LogP contribution in [0.25, 0.3) is 10.8 Å². The number of benzene rings is 2. The average molecular weight is 567 g/mol. The van der Waals surface area contributed by atoms with Crippen LogP contribution in [-0.4, -0.2) is 62.3 Å². The molecule has 2 aromatic heterocycles. The third kappa shape index (κ3) is 5.04. The molecule has 0 radical (unpaired) electrons. The van der Waals surface area contributed by atoms with Crippen molar-refractivity contribution < 1.29 is 12.8 Å². The van der Waals surface area contributed by atoms with Crippen molar-refractivity contribution in [3.8, 4) is 0 Å². The highest BCUT2D eigenvalue weighted by atomic mass is 32.2. The minimum absolute atomic E-state index is 0.267. The highest BCUT2D eigenvalue weighted by Crippen LogP contribution is 2.34. The lowest BCUT2D eigenvalue weighted by molar-refractivity contribution is 0.594. The summed E-state index contributed by atoms with van der Waals surface area (Å²) in [6, 6.07) is 12.7. The van der Waals surface area contributed by atoms with Crippen molar-refractivity contribution in [2.24, 2.45) is 5.14 Å². The molecular weight excluding hydrogens is 539 g/mol. The van der Waals surface area contributed by atoms with Gasteiger partial charge >= 0.3 is 0 Å². The van der Waals surface area contributed by atoms with E-state index in [1.165, 1.54) is 22.1 Å². The topological polar surface area (TPSA) is 121 Å². The maximum absolute atomic E-state index is 14.3. The van der Waals surface area contributed by atoms with Crippen LogP contribution in [0.15, 0.2) is 60.0 Å². The van der Waals surface area contributed by atoms with E-state index in [9.17, 15) is 12.8 Å². The SMILES string of the molecule is CSc1nc(Nc2ccc3c(c2)CCN3S(N)(=O)=O)cc(N2CCN(c3ccc(F)c4cnccc34)CC2)n1. The summed E-state index contributed by atoms with van der Waals surface area (Å²) in [7, 11) is -3.79. The molecule has 39 heavy (non-hydrogen) atoms. The van der Waals surface area contributed by atoms with Crippen LogP contribution in [0, 0.1) is 5.82 Å². The highest BCUT2D eigenvalue weighted by molar-refractivity contribution is 7.98. The summed E-state index contributed by atoms with van der Waals surface area (Å²) < 4.78 is 39.2. The Morgan fingerprint density at radius 3 is 2.49 bits per heavy atom. The van der Waals surface area contributed by atoms with Gasteiger partial charge in [-0.25, -0.2) is 19.5 Å². The lowest BCUT2D eigenvalue weighted by Crippen LogP contribution is -2.47. The van der Waals surface area contributed by atoms with E-state index in [0.29, 0.717) is 35.0 Å². The molecule has 4 aromatic rings. The minimum Gasteiger partial charge on any atom is -0.367 e. The Balaban J connectivity index is 1.20. The second kappa shape index (κ2) is 10.1. The number of fused-ring (bicyclic) bond motifs is 2. The summed E-state index contributed by atoms with van der Waals surface area (Å²) in [6.45, 7) is 3.35. The van der Waals surface area contributed by atoms with Crippen molar-refractivity contribution in [1.29, 1.82) is 0 Å². The number of hydrogen-bond acceptors (Lipinski definition) is 9. The van der Waals surface area contributed by atoms with Crippen molar-refractivity contribution in [2.75, 3.05) is 58.4 Å². The van der Waals surface area contributed by atoms with Crippen LogP contribution in [0.3, 0.4) is 0 Å². The molecule has 1 fully saturated rings. The first-order valence-corrected chi connectivity index (χ1v) is 15.2.